The number of nitrogens with zero attached hydrogens (tertiary/aromatic N) is 6. The van der Waals surface area contributed by atoms with Crippen LogP contribution in [-0.2, 0) is 17.7 Å². The van der Waals surface area contributed by atoms with Crippen molar-refractivity contribution in [2.75, 3.05) is 59.5 Å². The molecule has 2 unspecified atom stereocenters. The Balaban J connectivity index is 0.00000225. The molecule has 0 aliphatic carbocycles. The SMILES string of the molecule is CN=C(NCC1CCc2nnc(C)n2C1)N1CCN(CC2CCOC2)CC1.I. The summed E-state index contributed by atoms with van der Waals surface area (Å²) in [6, 6.07) is 0. The van der Waals surface area contributed by atoms with Crippen molar-refractivity contribution in [3.05, 3.63) is 11.6 Å². The molecule has 8 nitrogen and oxygen atoms in total. The zero-order valence-electron chi connectivity index (χ0n) is 17.1. The molecule has 0 radical (unpaired) electrons. The zero-order valence-corrected chi connectivity index (χ0v) is 19.5. The molecule has 4 heterocycles. The molecule has 2 saturated heterocycles. The van der Waals surface area contributed by atoms with Crippen LogP contribution in [0.5, 0.6) is 0 Å². The molecule has 4 rings (SSSR count). The van der Waals surface area contributed by atoms with Gasteiger partial charge in [0.2, 0.25) is 0 Å². The van der Waals surface area contributed by atoms with Gasteiger partial charge in [0.15, 0.2) is 5.96 Å². The van der Waals surface area contributed by atoms with Gasteiger partial charge in [-0.1, -0.05) is 0 Å². The van der Waals surface area contributed by atoms with Crippen LogP contribution in [0.25, 0.3) is 0 Å². The molecule has 0 spiro atoms. The number of hydrogen-bond acceptors (Lipinski definition) is 5. The monoisotopic (exact) mass is 503 g/mol. The minimum Gasteiger partial charge on any atom is -0.381 e. The van der Waals surface area contributed by atoms with Crippen LogP contribution in [-0.4, -0.2) is 90.1 Å². The zero-order chi connectivity index (χ0) is 18.6. The first-order chi connectivity index (χ1) is 13.2. The van der Waals surface area contributed by atoms with E-state index in [1.807, 2.05) is 14.0 Å². The molecule has 0 saturated carbocycles. The third kappa shape index (κ3) is 5.15. The molecule has 158 valence electrons. The van der Waals surface area contributed by atoms with E-state index in [0.29, 0.717) is 5.92 Å². The maximum absolute atomic E-state index is 5.51. The number of aryl methyl sites for hydroxylation is 2. The summed E-state index contributed by atoms with van der Waals surface area (Å²) in [5, 5.41) is 12.1. The smallest absolute Gasteiger partial charge is 0.193 e. The highest BCUT2D eigenvalue weighted by Gasteiger charge is 2.25. The molecule has 0 aromatic carbocycles. The summed E-state index contributed by atoms with van der Waals surface area (Å²) in [5.74, 6) is 4.55. The van der Waals surface area contributed by atoms with Crippen molar-refractivity contribution in [1.29, 1.82) is 0 Å². The number of ether oxygens (including phenoxy) is 1. The van der Waals surface area contributed by atoms with Gasteiger partial charge >= 0.3 is 0 Å². The van der Waals surface area contributed by atoms with E-state index in [1.54, 1.807) is 0 Å². The maximum atomic E-state index is 5.51. The normalized spacial score (nSPS) is 26.1. The topological polar surface area (TPSA) is 70.8 Å². The van der Waals surface area contributed by atoms with E-state index in [2.05, 4.69) is 34.9 Å². The Morgan fingerprint density at radius 3 is 2.71 bits per heavy atom. The lowest BCUT2D eigenvalue weighted by molar-refractivity contribution is 0.139. The average molecular weight is 503 g/mol. The Morgan fingerprint density at radius 2 is 2.00 bits per heavy atom. The van der Waals surface area contributed by atoms with E-state index in [4.69, 9.17) is 4.74 Å². The first-order valence-electron chi connectivity index (χ1n) is 10.4. The molecule has 3 aliphatic heterocycles. The van der Waals surface area contributed by atoms with Gasteiger partial charge in [0, 0.05) is 65.9 Å². The summed E-state index contributed by atoms with van der Waals surface area (Å²) in [4.78, 5) is 9.52. The second-order valence-corrected chi connectivity index (χ2v) is 8.12. The van der Waals surface area contributed by atoms with Crippen LogP contribution in [0.15, 0.2) is 4.99 Å². The number of guanidine groups is 1. The first kappa shape index (κ1) is 21.8. The second-order valence-electron chi connectivity index (χ2n) is 8.12. The minimum atomic E-state index is 0. The van der Waals surface area contributed by atoms with Gasteiger partial charge in [0.25, 0.3) is 0 Å². The Morgan fingerprint density at radius 1 is 1.18 bits per heavy atom. The maximum Gasteiger partial charge on any atom is 0.193 e. The van der Waals surface area contributed by atoms with Gasteiger partial charge in [-0.2, -0.15) is 0 Å². The molecule has 9 heteroatoms. The molecule has 2 atom stereocenters. The number of hydrogen-bond donors (Lipinski definition) is 1. The van der Waals surface area contributed by atoms with Crippen molar-refractivity contribution < 1.29 is 4.74 Å². The summed E-state index contributed by atoms with van der Waals surface area (Å²) < 4.78 is 7.78. The predicted octanol–water partition coefficient (Wildman–Crippen LogP) is 0.996. The number of fused-ring (bicyclic) bond motifs is 1. The van der Waals surface area contributed by atoms with E-state index in [1.165, 1.54) is 19.4 Å². The van der Waals surface area contributed by atoms with Crippen LogP contribution >= 0.6 is 24.0 Å². The lowest BCUT2D eigenvalue weighted by Gasteiger charge is -2.37. The van der Waals surface area contributed by atoms with Gasteiger partial charge in [0.05, 0.1) is 6.61 Å². The molecular formula is C19H34IN7O. The van der Waals surface area contributed by atoms with E-state index in [9.17, 15) is 0 Å². The van der Waals surface area contributed by atoms with E-state index in [0.717, 1.165) is 82.4 Å². The van der Waals surface area contributed by atoms with Crippen LogP contribution in [0.4, 0.5) is 0 Å². The van der Waals surface area contributed by atoms with E-state index >= 15 is 0 Å². The summed E-state index contributed by atoms with van der Waals surface area (Å²) >= 11 is 0. The van der Waals surface area contributed by atoms with E-state index < -0.39 is 0 Å². The first-order valence-corrected chi connectivity index (χ1v) is 10.4. The number of aromatic nitrogens is 3. The summed E-state index contributed by atoms with van der Waals surface area (Å²) in [6.07, 6.45) is 3.41. The third-order valence-electron chi connectivity index (χ3n) is 6.20. The van der Waals surface area contributed by atoms with Gasteiger partial charge in [-0.25, -0.2) is 0 Å². The second kappa shape index (κ2) is 10.2. The highest BCUT2D eigenvalue weighted by atomic mass is 127. The Bertz CT molecular complexity index is 651. The fourth-order valence-electron chi connectivity index (χ4n) is 4.50. The van der Waals surface area contributed by atoms with Crippen LogP contribution in [0.1, 0.15) is 24.5 Å². The Hall–Kier alpha value is -0.940. The number of aliphatic imine (C=N–C) groups is 1. The largest absolute Gasteiger partial charge is 0.381 e. The lowest BCUT2D eigenvalue weighted by atomic mass is 9.99. The standard InChI is InChI=1S/C19H33N7O.HI/c1-15-22-23-18-4-3-16(13-26(15)18)11-21-19(20-2)25-8-6-24(7-9-25)12-17-5-10-27-14-17;/h16-17H,3-14H2,1-2H3,(H,20,21);1H. The van der Waals surface area contributed by atoms with Crippen molar-refractivity contribution >= 4 is 29.9 Å². The lowest BCUT2D eigenvalue weighted by Crippen LogP contribution is -2.53. The number of piperazine rings is 1. The predicted molar refractivity (Wildman–Crippen MR) is 120 cm³/mol. The molecule has 3 aliphatic rings. The summed E-state index contributed by atoms with van der Waals surface area (Å²) in [6.45, 7) is 11.4. The Labute approximate surface area is 185 Å². The number of nitrogens with one attached hydrogen (secondary N) is 1. The Kier molecular flexibility index (Phi) is 7.93. The van der Waals surface area contributed by atoms with Gasteiger partial charge in [-0.05, 0) is 31.6 Å². The van der Waals surface area contributed by atoms with Gasteiger partial charge < -0.3 is 19.5 Å². The van der Waals surface area contributed by atoms with Crippen molar-refractivity contribution in [1.82, 2.24) is 29.9 Å². The molecule has 0 bridgehead atoms. The molecule has 0 amide bonds. The fourth-order valence-corrected chi connectivity index (χ4v) is 4.50. The average Bonchev–Trinajstić information content (AvgIpc) is 3.33. The molecule has 1 aromatic heterocycles. The third-order valence-corrected chi connectivity index (χ3v) is 6.20. The van der Waals surface area contributed by atoms with E-state index in [-0.39, 0.29) is 24.0 Å². The van der Waals surface area contributed by atoms with Gasteiger partial charge in [-0.15, -0.1) is 34.2 Å². The van der Waals surface area contributed by atoms with Crippen LogP contribution in [0.3, 0.4) is 0 Å². The number of halogens is 1. The van der Waals surface area contributed by atoms with Crippen molar-refractivity contribution in [2.45, 2.75) is 32.7 Å². The highest BCUT2D eigenvalue weighted by molar-refractivity contribution is 14.0. The molecule has 28 heavy (non-hydrogen) atoms. The van der Waals surface area contributed by atoms with Crippen LogP contribution < -0.4 is 5.32 Å². The van der Waals surface area contributed by atoms with Crippen molar-refractivity contribution in [2.24, 2.45) is 16.8 Å². The quantitative estimate of drug-likeness (QED) is 0.376. The van der Waals surface area contributed by atoms with Crippen LogP contribution in [0.2, 0.25) is 0 Å². The summed E-state index contributed by atoms with van der Waals surface area (Å²) in [7, 11) is 1.90. The van der Waals surface area contributed by atoms with Crippen LogP contribution in [0, 0.1) is 18.8 Å². The number of rotatable bonds is 4. The molecule has 1 N–H and O–H groups in total. The fraction of sp³-hybridized carbons (Fsp3) is 0.842. The summed E-state index contributed by atoms with van der Waals surface area (Å²) in [5.41, 5.74) is 0. The van der Waals surface area contributed by atoms with Crippen molar-refractivity contribution in [3.63, 3.8) is 0 Å². The van der Waals surface area contributed by atoms with Gasteiger partial charge in [0.1, 0.15) is 11.6 Å². The highest BCUT2D eigenvalue weighted by Crippen LogP contribution is 2.19. The molecular weight excluding hydrogens is 469 g/mol. The molecule has 2 fully saturated rings. The minimum absolute atomic E-state index is 0. The van der Waals surface area contributed by atoms with Crippen molar-refractivity contribution in [3.8, 4) is 0 Å². The van der Waals surface area contributed by atoms with Gasteiger partial charge in [-0.3, -0.25) is 9.89 Å². The molecule has 1 aromatic rings.